The normalized spacial score (nSPS) is 26.3. The van der Waals surface area contributed by atoms with Crippen LogP contribution in [0.5, 0.6) is 5.75 Å². The molecule has 0 aromatic heterocycles. The first kappa shape index (κ1) is 18.3. The standard InChI is InChI=1S/C21H34O2/c1-6-8-20(15(3)4)18-9-11-19(12-10-18)23-21-17(7-2)13-16(5)14-22-21/h9-12,15-17,20-21H,6-8,13-14H2,1-5H3. The van der Waals surface area contributed by atoms with Gasteiger partial charge in [-0.3, -0.25) is 0 Å². The van der Waals surface area contributed by atoms with Gasteiger partial charge >= 0.3 is 0 Å². The van der Waals surface area contributed by atoms with Gasteiger partial charge in [-0.25, -0.2) is 0 Å². The van der Waals surface area contributed by atoms with Crippen LogP contribution in [-0.2, 0) is 4.74 Å². The molecule has 1 fully saturated rings. The van der Waals surface area contributed by atoms with Crippen molar-refractivity contribution in [2.75, 3.05) is 6.61 Å². The first-order valence-electron chi connectivity index (χ1n) is 9.43. The Morgan fingerprint density at radius 2 is 1.87 bits per heavy atom. The topological polar surface area (TPSA) is 18.5 Å². The monoisotopic (exact) mass is 318 g/mol. The van der Waals surface area contributed by atoms with Crippen LogP contribution < -0.4 is 4.74 Å². The number of hydrogen-bond acceptors (Lipinski definition) is 2. The molecule has 0 N–H and O–H groups in total. The molecule has 0 bridgehead atoms. The minimum Gasteiger partial charge on any atom is -0.465 e. The molecule has 0 spiro atoms. The van der Waals surface area contributed by atoms with E-state index in [1.807, 2.05) is 0 Å². The lowest BCUT2D eigenvalue weighted by Gasteiger charge is -2.34. The Balaban J connectivity index is 2.01. The lowest BCUT2D eigenvalue weighted by molar-refractivity contribution is -0.157. The van der Waals surface area contributed by atoms with Gasteiger partial charge in [0.05, 0.1) is 6.61 Å². The Hall–Kier alpha value is -1.02. The van der Waals surface area contributed by atoms with Crippen LogP contribution in [0.15, 0.2) is 24.3 Å². The maximum Gasteiger partial charge on any atom is 0.202 e. The highest BCUT2D eigenvalue weighted by Gasteiger charge is 2.29. The predicted molar refractivity (Wildman–Crippen MR) is 96.9 cm³/mol. The second kappa shape index (κ2) is 8.73. The van der Waals surface area contributed by atoms with E-state index in [0.29, 0.717) is 23.7 Å². The minimum absolute atomic E-state index is 0.0846. The quantitative estimate of drug-likeness (QED) is 0.612. The molecule has 2 heteroatoms. The highest BCUT2D eigenvalue weighted by Crippen LogP contribution is 2.32. The summed E-state index contributed by atoms with van der Waals surface area (Å²) in [4.78, 5) is 0. The molecule has 4 unspecified atom stereocenters. The first-order chi connectivity index (χ1) is 11.0. The Labute approximate surface area is 142 Å². The van der Waals surface area contributed by atoms with Crippen molar-refractivity contribution in [3.8, 4) is 5.75 Å². The summed E-state index contributed by atoms with van der Waals surface area (Å²) in [5.41, 5.74) is 1.43. The third-order valence-electron chi connectivity index (χ3n) is 5.12. The van der Waals surface area contributed by atoms with Crippen molar-refractivity contribution >= 4 is 0 Å². The molecule has 1 aromatic carbocycles. The maximum atomic E-state index is 6.14. The van der Waals surface area contributed by atoms with Crippen molar-refractivity contribution in [2.24, 2.45) is 17.8 Å². The van der Waals surface area contributed by atoms with Gasteiger partial charge < -0.3 is 9.47 Å². The molecule has 2 rings (SSSR count). The molecule has 1 aromatic rings. The van der Waals surface area contributed by atoms with Gasteiger partial charge in [0.2, 0.25) is 6.29 Å². The summed E-state index contributed by atoms with van der Waals surface area (Å²) >= 11 is 0. The van der Waals surface area contributed by atoms with E-state index in [1.165, 1.54) is 24.8 Å². The van der Waals surface area contributed by atoms with Crippen LogP contribution in [0.25, 0.3) is 0 Å². The highest BCUT2D eigenvalue weighted by molar-refractivity contribution is 5.30. The van der Waals surface area contributed by atoms with E-state index in [-0.39, 0.29) is 6.29 Å². The van der Waals surface area contributed by atoms with Crippen LogP contribution in [0.2, 0.25) is 0 Å². The second-order valence-corrected chi connectivity index (χ2v) is 7.54. The van der Waals surface area contributed by atoms with E-state index >= 15 is 0 Å². The molecular formula is C21H34O2. The molecule has 0 radical (unpaired) electrons. The average Bonchev–Trinajstić information content (AvgIpc) is 2.55. The zero-order valence-electron chi connectivity index (χ0n) is 15.5. The summed E-state index contributed by atoms with van der Waals surface area (Å²) in [6.07, 6.45) is 4.70. The van der Waals surface area contributed by atoms with Crippen LogP contribution in [0.3, 0.4) is 0 Å². The average molecular weight is 319 g/mol. The number of ether oxygens (including phenoxy) is 2. The van der Waals surface area contributed by atoms with E-state index in [0.717, 1.165) is 18.8 Å². The molecule has 0 aliphatic carbocycles. The third-order valence-corrected chi connectivity index (χ3v) is 5.12. The fraction of sp³-hybridized carbons (Fsp3) is 0.714. The van der Waals surface area contributed by atoms with Gasteiger partial charge in [0.15, 0.2) is 0 Å². The molecule has 2 nitrogen and oxygen atoms in total. The van der Waals surface area contributed by atoms with Crippen molar-refractivity contribution in [3.63, 3.8) is 0 Å². The van der Waals surface area contributed by atoms with E-state index in [4.69, 9.17) is 9.47 Å². The third kappa shape index (κ3) is 4.97. The van der Waals surface area contributed by atoms with Gasteiger partial charge in [-0.2, -0.15) is 0 Å². The van der Waals surface area contributed by atoms with Crippen molar-refractivity contribution in [1.82, 2.24) is 0 Å². The van der Waals surface area contributed by atoms with E-state index in [2.05, 4.69) is 58.9 Å². The molecule has 23 heavy (non-hydrogen) atoms. The second-order valence-electron chi connectivity index (χ2n) is 7.54. The molecular weight excluding hydrogens is 284 g/mol. The number of rotatable bonds is 7. The lowest BCUT2D eigenvalue weighted by atomic mass is 9.85. The Morgan fingerprint density at radius 3 is 2.43 bits per heavy atom. The van der Waals surface area contributed by atoms with Crippen molar-refractivity contribution in [3.05, 3.63) is 29.8 Å². The van der Waals surface area contributed by atoms with Crippen LogP contribution >= 0.6 is 0 Å². The van der Waals surface area contributed by atoms with Crippen LogP contribution in [0.1, 0.15) is 71.8 Å². The van der Waals surface area contributed by atoms with E-state index < -0.39 is 0 Å². The summed E-state index contributed by atoms with van der Waals surface area (Å²) in [6, 6.07) is 8.72. The molecule has 0 saturated carbocycles. The first-order valence-corrected chi connectivity index (χ1v) is 9.43. The molecule has 1 heterocycles. The lowest BCUT2D eigenvalue weighted by Crippen LogP contribution is -2.37. The zero-order valence-corrected chi connectivity index (χ0v) is 15.5. The molecule has 4 atom stereocenters. The molecule has 1 aliphatic rings. The van der Waals surface area contributed by atoms with Gasteiger partial charge in [-0.05, 0) is 54.7 Å². The van der Waals surface area contributed by atoms with Gasteiger partial charge in [0.25, 0.3) is 0 Å². The molecule has 130 valence electrons. The van der Waals surface area contributed by atoms with Crippen LogP contribution in [-0.4, -0.2) is 12.9 Å². The van der Waals surface area contributed by atoms with E-state index in [1.54, 1.807) is 0 Å². The molecule has 1 saturated heterocycles. The van der Waals surface area contributed by atoms with Crippen molar-refractivity contribution < 1.29 is 9.47 Å². The molecule has 1 aliphatic heterocycles. The van der Waals surface area contributed by atoms with Gasteiger partial charge in [-0.15, -0.1) is 0 Å². The van der Waals surface area contributed by atoms with Crippen molar-refractivity contribution in [1.29, 1.82) is 0 Å². The smallest absolute Gasteiger partial charge is 0.202 e. The summed E-state index contributed by atoms with van der Waals surface area (Å²) in [5, 5.41) is 0. The molecule has 0 amide bonds. The van der Waals surface area contributed by atoms with Gasteiger partial charge in [0, 0.05) is 5.92 Å². The maximum absolute atomic E-state index is 6.14. The van der Waals surface area contributed by atoms with Crippen molar-refractivity contribution in [2.45, 2.75) is 72.5 Å². The summed E-state index contributed by atoms with van der Waals surface area (Å²) in [7, 11) is 0. The zero-order chi connectivity index (χ0) is 16.8. The number of benzene rings is 1. The predicted octanol–water partition coefficient (Wildman–Crippen LogP) is 6.01. The number of hydrogen-bond donors (Lipinski definition) is 0. The van der Waals surface area contributed by atoms with E-state index in [9.17, 15) is 0 Å². The van der Waals surface area contributed by atoms with Crippen LogP contribution in [0, 0.1) is 17.8 Å². The SMILES string of the molecule is CCCC(c1ccc(OC2OCC(C)CC2CC)cc1)C(C)C. The highest BCUT2D eigenvalue weighted by atomic mass is 16.7. The van der Waals surface area contributed by atoms with Crippen LogP contribution in [0.4, 0.5) is 0 Å². The summed E-state index contributed by atoms with van der Waals surface area (Å²) < 4.78 is 12.1. The fourth-order valence-electron chi connectivity index (χ4n) is 3.70. The fourth-order valence-corrected chi connectivity index (χ4v) is 3.70. The van der Waals surface area contributed by atoms with Gasteiger partial charge in [-0.1, -0.05) is 53.2 Å². The minimum atomic E-state index is -0.0846. The Morgan fingerprint density at radius 1 is 1.17 bits per heavy atom. The summed E-state index contributed by atoms with van der Waals surface area (Å²) in [6.45, 7) is 12.2. The summed E-state index contributed by atoms with van der Waals surface area (Å²) in [5.74, 6) is 3.40. The largest absolute Gasteiger partial charge is 0.465 e. The van der Waals surface area contributed by atoms with Gasteiger partial charge in [0.1, 0.15) is 5.75 Å². The Kier molecular flexibility index (Phi) is 6.95. The Bertz CT molecular complexity index is 451.